The molecule has 11 nitrogen and oxygen atoms in total. The van der Waals surface area contributed by atoms with Gasteiger partial charge in [0.2, 0.25) is 0 Å². The maximum Gasteiger partial charge on any atom is 0.252 e. The lowest BCUT2D eigenvalue weighted by Gasteiger charge is -2.30. The first-order valence-electron chi connectivity index (χ1n) is 12.3. The Balaban J connectivity index is 1.44. The van der Waals surface area contributed by atoms with E-state index in [1.54, 1.807) is 0 Å². The van der Waals surface area contributed by atoms with E-state index in [9.17, 15) is 9.90 Å². The first-order valence-corrected chi connectivity index (χ1v) is 12.3. The van der Waals surface area contributed by atoms with Crippen LogP contribution in [0.3, 0.4) is 0 Å². The number of ether oxygens (including phenoxy) is 3. The number of H-pyrrole nitrogens is 1. The highest BCUT2D eigenvalue weighted by molar-refractivity contribution is 5.83. The fourth-order valence-electron chi connectivity index (χ4n) is 4.91. The Labute approximate surface area is 203 Å². The van der Waals surface area contributed by atoms with E-state index < -0.39 is 0 Å². The van der Waals surface area contributed by atoms with Gasteiger partial charge < -0.3 is 24.3 Å². The Hall–Kier alpha value is -3.02. The normalized spacial score (nSPS) is 18.4. The number of nitrogens with one attached hydrogen (secondary N) is 1. The summed E-state index contributed by atoms with van der Waals surface area (Å²) in [5, 5.41) is 22.9. The predicted octanol–water partition coefficient (Wildman–Crippen LogP) is 1.80. The third-order valence-corrected chi connectivity index (χ3v) is 6.65. The number of tetrazole rings is 1. The summed E-state index contributed by atoms with van der Waals surface area (Å²) in [4.78, 5) is 18.2. The van der Waals surface area contributed by atoms with E-state index in [0.717, 1.165) is 37.1 Å². The van der Waals surface area contributed by atoms with E-state index in [0.29, 0.717) is 61.8 Å². The molecule has 0 bridgehead atoms. The van der Waals surface area contributed by atoms with Gasteiger partial charge in [0, 0.05) is 43.3 Å². The average Bonchev–Trinajstić information content (AvgIpc) is 3.55. The van der Waals surface area contributed by atoms with Gasteiger partial charge in [-0.3, -0.25) is 9.69 Å². The van der Waals surface area contributed by atoms with Crippen molar-refractivity contribution in [3.8, 4) is 11.5 Å². The number of aliphatic hydroxyl groups is 1. The number of nitrogens with zero attached hydrogens (tertiary/aromatic N) is 5. The van der Waals surface area contributed by atoms with Gasteiger partial charge in [0.1, 0.15) is 13.2 Å². The molecular formula is C24H32N6O5. The fourth-order valence-corrected chi connectivity index (χ4v) is 4.91. The molecule has 1 aromatic carbocycles. The first kappa shape index (κ1) is 23.7. The Morgan fingerprint density at radius 2 is 2.06 bits per heavy atom. The first-order chi connectivity index (χ1) is 17.2. The fraction of sp³-hybridized carbons (Fsp3) is 0.583. The smallest absolute Gasteiger partial charge is 0.252 e. The van der Waals surface area contributed by atoms with Crippen molar-refractivity contribution in [3.63, 3.8) is 0 Å². The second-order valence-corrected chi connectivity index (χ2v) is 9.03. The highest BCUT2D eigenvalue weighted by Gasteiger charge is 2.27. The van der Waals surface area contributed by atoms with Crippen molar-refractivity contribution in [2.45, 2.75) is 57.8 Å². The van der Waals surface area contributed by atoms with Gasteiger partial charge in [-0.15, -0.1) is 5.10 Å². The average molecular weight is 485 g/mol. The third-order valence-electron chi connectivity index (χ3n) is 6.65. The lowest BCUT2D eigenvalue weighted by Crippen LogP contribution is -2.34. The SMILES string of the molecule is CC[C@@H](c1nnnn1C[C@@H]1CCCO1)N(CCCO)Cc1cc2cc3c(cc2[nH]c1=O)OCCO3. The minimum Gasteiger partial charge on any atom is -0.486 e. The molecule has 1 fully saturated rings. The van der Waals surface area contributed by atoms with Crippen LogP contribution >= 0.6 is 0 Å². The van der Waals surface area contributed by atoms with Gasteiger partial charge >= 0.3 is 0 Å². The van der Waals surface area contributed by atoms with Crippen LogP contribution < -0.4 is 15.0 Å². The third kappa shape index (κ3) is 5.16. The number of hydrogen-bond acceptors (Lipinski definition) is 9. The molecule has 4 heterocycles. The summed E-state index contributed by atoms with van der Waals surface area (Å²) >= 11 is 0. The summed E-state index contributed by atoms with van der Waals surface area (Å²) in [7, 11) is 0. The molecule has 35 heavy (non-hydrogen) atoms. The van der Waals surface area contributed by atoms with E-state index in [2.05, 4.69) is 32.3 Å². The molecule has 2 aromatic heterocycles. The van der Waals surface area contributed by atoms with E-state index in [1.165, 1.54) is 0 Å². The summed E-state index contributed by atoms with van der Waals surface area (Å²) in [6.45, 7) is 5.50. The molecule has 0 amide bonds. The molecule has 2 N–H and O–H groups in total. The molecule has 0 unspecified atom stereocenters. The van der Waals surface area contributed by atoms with Gasteiger partial charge in [-0.1, -0.05) is 6.92 Å². The number of rotatable bonds is 10. The molecule has 0 saturated carbocycles. The van der Waals surface area contributed by atoms with Crippen molar-refractivity contribution >= 4 is 10.9 Å². The van der Waals surface area contributed by atoms with Gasteiger partial charge in [0.15, 0.2) is 17.3 Å². The van der Waals surface area contributed by atoms with Crippen molar-refractivity contribution in [3.05, 3.63) is 39.9 Å². The van der Waals surface area contributed by atoms with Gasteiger partial charge in [-0.25, -0.2) is 4.68 Å². The van der Waals surface area contributed by atoms with Crippen molar-refractivity contribution in [2.24, 2.45) is 0 Å². The highest BCUT2D eigenvalue weighted by Crippen LogP contribution is 2.34. The van der Waals surface area contributed by atoms with Crippen LogP contribution in [-0.4, -0.2) is 74.3 Å². The Morgan fingerprint density at radius 1 is 1.23 bits per heavy atom. The van der Waals surface area contributed by atoms with Crippen LogP contribution in [0.4, 0.5) is 0 Å². The summed E-state index contributed by atoms with van der Waals surface area (Å²) < 4.78 is 19.0. The zero-order valence-corrected chi connectivity index (χ0v) is 20.0. The topological polar surface area (TPSA) is 128 Å². The Morgan fingerprint density at radius 3 is 2.80 bits per heavy atom. The molecular weight excluding hydrogens is 452 g/mol. The zero-order valence-electron chi connectivity index (χ0n) is 20.0. The highest BCUT2D eigenvalue weighted by atomic mass is 16.6. The molecule has 11 heteroatoms. The molecule has 188 valence electrons. The molecule has 5 rings (SSSR count). The second-order valence-electron chi connectivity index (χ2n) is 9.03. The monoisotopic (exact) mass is 484 g/mol. The number of aromatic nitrogens is 5. The van der Waals surface area contributed by atoms with Crippen LogP contribution in [0.1, 0.15) is 50.0 Å². The van der Waals surface area contributed by atoms with Gasteiger partial charge in [0.25, 0.3) is 5.56 Å². The van der Waals surface area contributed by atoms with Crippen LogP contribution in [0.15, 0.2) is 23.0 Å². The van der Waals surface area contributed by atoms with Crippen molar-refractivity contribution < 1.29 is 19.3 Å². The second kappa shape index (κ2) is 10.7. The molecule has 2 aliphatic heterocycles. The quantitative estimate of drug-likeness (QED) is 0.443. The van der Waals surface area contributed by atoms with Crippen LogP contribution in [0.25, 0.3) is 10.9 Å². The standard InChI is InChI=1S/C24H32N6O5/c1-2-20(23-26-27-28-30(23)15-18-5-3-8-33-18)29(6-4-7-31)14-17-11-16-12-21-22(35-10-9-34-21)13-19(16)25-24(17)32/h11-13,18,20,31H,2-10,14-15H2,1H3,(H,25,32)/t18-,20-/m0/s1. The van der Waals surface area contributed by atoms with E-state index >= 15 is 0 Å². The molecule has 2 aliphatic rings. The minimum atomic E-state index is -0.156. The summed E-state index contributed by atoms with van der Waals surface area (Å²) in [5.74, 6) is 2.07. The lowest BCUT2D eigenvalue weighted by atomic mass is 10.1. The molecule has 2 atom stereocenters. The number of hydrogen-bond donors (Lipinski definition) is 2. The van der Waals surface area contributed by atoms with Crippen molar-refractivity contribution in [1.82, 2.24) is 30.1 Å². The molecule has 3 aromatic rings. The Bertz CT molecular complexity index is 1200. The van der Waals surface area contributed by atoms with E-state index in [1.807, 2.05) is 22.9 Å². The number of aromatic amines is 1. The summed E-state index contributed by atoms with van der Waals surface area (Å²) in [5.41, 5.74) is 1.18. The largest absolute Gasteiger partial charge is 0.486 e. The zero-order chi connectivity index (χ0) is 24.2. The maximum absolute atomic E-state index is 13.0. The molecule has 0 aliphatic carbocycles. The van der Waals surface area contributed by atoms with Crippen molar-refractivity contribution in [2.75, 3.05) is 33.0 Å². The number of fused-ring (bicyclic) bond motifs is 2. The van der Waals surface area contributed by atoms with Crippen LogP contribution in [0, 0.1) is 0 Å². The van der Waals surface area contributed by atoms with Gasteiger partial charge in [-0.05, 0) is 48.2 Å². The van der Waals surface area contributed by atoms with Gasteiger partial charge in [0.05, 0.1) is 24.2 Å². The van der Waals surface area contributed by atoms with E-state index in [4.69, 9.17) is 14.2 Å². The minimum absolute atomic E-state index is 0.0609. The number of benzene rings is 1. The van der Waals surface area contributed by atoms with Gasteiger partial charge in [-0.2, -0.15) is 0 Å². The maximum atomic E-state index is 13.0. The molecule has 0 radical (unpaired) electrons. The number of aliphatic hydroxyl groups excluding tert-OH is 1. The summed E-state index contributed by atoms with van der Waals surface area (Å²) in [6, 6.07) is 5.50. The van der Waals surface area contributed by atoms with E-state index in [-0.39, 0.29) is 24.3 Å². The predicted molar refractivity (Wildman–Crippen MR) is 127 cm³/mol. The molecule has 1 saturated heterocycles. The van der Waals surface area contributed by atoms with Crippen molar-refractivity contribution in [1.29, 1.82) is 0 Å². The van der Waals surface area contributed by atoms with Crippen LogP contribution in [0.5, 0.6) is 11.5 Å². The summed E-state index contributed by atoms with van der Waals surface area (Å²) in [6.07, 6.45) is 3.48. The molecule has 0 spiro atoms. The lowest BCUT2D eigenvalue weighted by molar-refractivity contribution is 0.0888. The van der Waals surface area contributed by atoms with Crippen LogP contribution in [0.2, 0.25) is 0 Å². The van der Waals surface area contributed by atoms with Crippen LogP contribution in [-0.2, 0) is 17.8 Å². The number of pyridine rings is 1. The Kier molecular flexibility index (Phi) is 7.26.